The van der Waals surface area contributed by atoms with Gasteiger partial charge in [-0.3, -0.25) is 9.59 Å². The number of hydrogen-bond donors (Lipinski definition) is 1. The number of ketones is 1. The zero-order chi connectivity index (χ0) is 20.4. The van der Waals surface area contributed by atoms with Crippen molar-refractivity contribution in [1.29, 1.82) is 0 Å². The van der Waals surface area contributed by atoms with Crippen LogP contribution in [0.15, 0.2) is 18.2 Å². The van der Waals surface area contributed by atoms with Gasteiger partial charge in [0.25, 0.3) is 0 Å². The third-order valence-electron chi connectivity index (χ3n) is 3.68. The number of carbonyl (C=O) groups excluding carboxylic acids is 4. The van der Waals surface area contributed by atoms with Crippen LogP contribution >= 0.6 is 0 Å². The van der Waals surface area contributed by atoms with Crippen molar-refractivity contribution >= 4 is 24.1 Å². The highest BCUT2D eigenvalue weighted by molar-refractivity contribution is 6.12. The highest BCUT2D eigenvalue weighted by Crippen LogP contribution is 2.29. The molecular weight excluding hydrogens is 358 g/mol. The van der Waals surface area contributed by atoms with E-state index in [1.165, 1.54) is 46.3 Å². The Kier molecular flexibility index (Phi) is 8.25. The van der Waals surface area contributed by atoms with Crippen LogP contribution in [-0.4, -0.2) is 57.1 Å². The average molecular weight is 381 g/mol. The summed E-state index contributed by atoms with van der Waals surface area (Å²) in [5, 5.41) is 2.11. The van der Waals surface area contributed by atoms with Crippen LogP contribution in [0.5, 0.6) is 11.5 Å². The van der Waals surface area contributed by atoms with E-state index in [0.29, 0.717) is 11.5 Å². The third-order valence-corrected chi connectivity index (χ3v) is 3.68. The Bertz CT molecular complexity index is 683. The van der Waals surface area contributed by atoms with Gasteiger partial charge in [-0.15, -0.1) is 0 Å². The topological polar surface area (TPSA) is 117 Å². The summed E-state index contributed by atoms with van der Waals surface area (Å²) in [6, 6.07) is 4.37. The minimum atomic E-state index is -2.28. The average Bonchev–Trinajstić information content (AvgIpc) is 2.67. The normalized spacial score (nSPS) is 10.5. The monoisotopic (exact) mass is 381 g/mol. The molecule has 0 saturated carbocycles. The number of esters is 2. The zero-order valence-electron chi connectivity index (χ0n) is 15.7. The standard InChI is InChI=1S/C18H23NO8/c1-5-26-16(22)18(19-11-20,17(23)27-6-2)10-13(21)12-7-8-14(24-3)15(9-12)25-4/h7-9,11H,5-6,10H2,1-4H3,(H,19,20). The van der Waals surface area contributed by atoms with E-state index >= 15 is 0 Å². The lowest BCUT2D eigenvalue weighted by Crippen LogP contribution is -2.60. The van der Waals surface area contributed by atoms with E-state index in [1.54, 1.807) is 0 Å². The first kappa shape index (κ1) is 21.9. The maximum absolute atomic E-state index is 12.8. The van der Waals surface area contributed by atoms with Crippen LogP contribution in [0.3, 0.4) is 0 Å². The first-order valence-electron chi connectivity index (χ1n) is 8.21. The molecule has 9 heteroatoms. The van der Waals surface area contributed by atoms with Crippen molar-refractivity contribution in [3.05, 3.63) is 23.8 Å². The molecule has 0 atom stereocenters. The number of nitrogens with one attached hydrogen (secondary N) is 1. The van der Waals surface area contributed by atoms with Gasteiger partial charge < -0.3 is 24.3 Å². The van der Waals surface area contributed by atoms with Gasteiger partial charge in [0.2, 0.25) is 11.9 Å². The molecule has 0 aromatic heterocycles. The van der Waals surface area contributed by atoms with Crippen molar-refractivity contribution in [2.24, 2.45) is 0 Å². The van der Waals surface area contributed by atoms with Crippen LogP contribution in [-0.2, 0) is 23.9 Å². The van der Waals surface area contributed by atoms with Crippen LogP contribution in [0.2, 0.25) is 0 Å². The minimum absolute atomic E-state index is 0.0505. The number of benzene rings is 1. The van der Waals surface area contributed by atoms with Gasteiger partial charge in [-0.25, -0.2) is 9.59 Å². The molecule has 0 heterocycles. The van der Waals surface area contributed by atoms with E-state index in [9.17, 15) is 19.2 Å². The highest BCUT2D eigenvalue weighted by atomic mass is 16.6. The molecule has 1 aromatic carbocycles. The van der Waals surface area contributed by atoms with Crippen molar-refractivity contribution in [3.8, 4) is 11.5 Å². The van der Waals surface area contributed by atoms with Crippen LogP contribution in [0.25, 0.3) is 0 Å². The summed E-state index contributed by atoms with van der Waals surface area (Å²) < 4.78 is 20.0. The molecule has 1 N–H and O–H groups in total. The van der Waals surface area contributed by atoms with Crippen molar-refractivity contribution in [3.63, 3.8) is 0 Å². The largest absolute Gasteiger partial charge is 0.493 e. The van der Waals surface area contributed by atoms with E-state index in [-0.39, 0.29) is 25.2 Å². The molecule has 1 aromatic rings. The van der Waals surface area contributed by atoms with Crippen molar-refractivity contribution < 1.29 is 38.1 Å². The summed E-state index contributed by atoms with van der Waals surface area (Å²) in [5.74, 6) is -2.06. The molecule has 9 nitrogen and oxygen atoms in total. The lowest BCUT2D eigenvalue weighted by molar-refractivity contribution is -0.167. The summed E-state index contributed by atoms with van der Waals surface area (Å²) in [5.41, 5.74) is -2.13. The lowest BCUT2D eigenvalue weighted by Gasteiger charge is -2.27. The second kappa shape index (κ2) is 10.1. The summed E-state index contributed by atoms with van der Waals surface area (Å²) in [7, 11) is 2.85. The minimum Gasteiger partial charge on any atom is -0.493 e. The number of amides is 1. The Morgan fingerprint density at radius 3 is 2.00 bits per heavy atom. The first-order chi connectivity index (χ1) is 12.9. The molecule has 0 bridgehead atoms. The summed E-state index contributed by atoms with van der Waals surface area (Å²) in [4.78, 5) is 48.7. The molecule has 148 valence electrons. The van der Waals surface area contributed by atoms with Crippen LogP contribution < -0.4 is 14.8 Å². The quantitative estimate of drug-likeness (QED) is 0.260. The van der Waals surface area contributed by atoms with Gasteiger partial charge in [0, 0.05) is 5.56 Å². The third kappa shape index (κ3) is 4.96. The van der Waals surface area contributed by atoms with Gasteiger partial charge in [0.05, 0.1) is 33.9 Å². The molecule has 27 heavy (non-hydrogen) atoms. The SMILES string of the molecule is CCOC(=O)C(CC(=O)c1ccc(OC)c(OC)c1)(NC=O)C(=O)OCC. The Morgan fingerprint density at radius 1 is 1.00 bits per heavy atom. The predicted octanol–water partition coefficient (Wildman–Crippen LogP) is 0.888. The summed E-state index contributed by atoms with van der Waals surface area (Å²) in [6.07, 6.45) is -0.533. The predicted molar refractivity (Wildman–Crippen MR) is 93.7 cm³/mol. The van der Waals surface area contributed by atoms with Gasteiger partial charge in [0.15, 0.2) is 17.3 Å². The van der Waals surface area contributed by atoms with Gasteiger partial charge >= 0.3 is 11.9 Å². The molecule has 0 spiro atoms. The smallest absolute Gasteiger partial charge is 0.344 e. The number of ether oxygens (including phenoxy) is 4. The van der Waals surface area contributed by atoms with E-state index in [0.717, 1.165) is 0 Å². The van der Waals surface area contributed by atoms with Crippen molar-refractivity contribution in [2.75, 3.05) is 27.4 Å². The second-order valence-electron chi connectivity index (χ2n) is 5.28. The Labute approximate surface area is 156 Å². The maximum Gasteiger partial charge on any atom is 0.344 e. The molecule has 0 radical (unpaired) electrons. The van der Waals surface area contributed by atoms with Crippen LogP contribution in [0, 0.1) is 0 Å². The van der Waals surface area contributed by atoms with Crippen molar-refractivity contribution in [2.45, 2.75) is 25.8 Å². The first-order valence-corrected chi connectivity index (χ1v) is 8.21. The lowest BCUT2D eigenvalue weighted by atomic mass is 9.90. The Hall–Kier alpha value is -3.10. The summed E-state index contributed by atoms with van der Waals surface area (Å²) in [6.45, 7) is 2.96. The Morgan fingerprint density at radius 2 is 1.56 bits per heavy atom. The zero-order valence-corrected chi connectivity index (χ0v) is 15.7. The van der Waals surface area contributed by atoms with Gasteiger partial charge in [-0.05, 0) is 32.0 Å². The van der Waals surface area contributed by atoms with Crippen molar-refractivity contribution in [1.82, 2.24) is 5.32 Å². The van der Waals surface area contributed by atoms with Gasteiger partial charge in [0.1, 0.15) is 0 Å². The maximum atomic E-state index is 12.8. The number of carbonyl (C=O) groups is 4. The number of Topliss-reactive ketones (excluding diaryl/α,β-unsaturated/α-hetero) is 1. The van der Waals surface area contributed by atoms with E-state index in [2.05, 4.69) is 5.32 Å². The molecule has 0 unspecified atom stereocenters. The molecule has 0 aliphatic heterocycles. The number of hydrogen-bond acceptors (Lipinski definition) is 8. The molecule has 0 aliphatic carbocycles. The molecule has 0 saturated heterocycles. The van der Waals surface area contributed by atoms with E-state index in [4.69, 9.17) is 18.9 Å². The molecule has 0 aliphatic rings. The summed E-state index contributed by atoms with van der Waals surface area (Å²) >= 11 is 0. The molecule has 0 fully saturated rings. The second-order valence-corrected chi connectivity index (χ2v) is 5.28. The van der Waals surface area contributed by atoms with Crippen LogP contribution in [0.1, 0.15) is 30.6 Å². The molecule has 1 amide bonds. The van der Waals surface area contributed by atoms with Gasteiger partial charge in [-0.1, -0.05) is 0 Å². The molecular formula is C18H23NO8. The fraction of sp³-hybridized carbons (Fsp3) is 0.444. The number of rotatable bonds is 11. The van der Waals surface area contributed by atoms with E-state index < -0.39 is 29.7 Å². The fourth-order valence-electron chi connectivity index (χ4n) is 2.36. The Balaban J connectivity index is 3.30. The molecule has 1 rings (SSSR count). The highest BCUT2D eigenvalue weighted by Gasteiger charge is 2.50. The van der Waals surface area contributed by atoms with Crippen LogP contribution in [0.4, 0.5) is 0 Å². The fourth-order valence-corrected chi connectivity index (χ4v) is 2.36. The van der Waals surface area contributed by atoms with E-state index in [1.807, 2.05) is 0 Å². The van der Waals surface area contributed by atoms with Gasteiger partial charge in [-0.2, -0.15) is 0 Å². The number of methoxy groups -OCH3 is 2.